The Morgan fingerprint density at radius 2 is 1.82 bits per heavy atom. The molecule has 2 aromatic heterocycles. The maximum Gasteiger partial charge on any atom is 0.228 e. The highest BCUT2D eigenvalue weighted by atomic mass is 16.5. The molecular weight excluding hydrogens is 414 g/mol. The smallest absolute Gasteiger partial charge is 0.228 e. The van der Waals surface area contributed by atoms with Crippen LogP contribution in [-0.4, -0.2) is 54.3 Å². The van der Waals surface area contributed by atoms with Crippen LogP contribution in [0.25, 0.3) is 11.3 Å². The highest BCUT2D eigenvalue weighted by Crippen LogP contribution is 2.25. The molecule has 33 heavy (non-hydrogen) atoms. The van der Waals surface area contributed by atoms with Crippen molar-refractivity contribution in [1.82, 2.24) is 15.0 Å². The molecule has 1 aliphatic rings. The standard InChI is InChI=1S/C25H29N7O/c1-18(2)19-5-7-20(8-6-19)22-16-23(31-25(30-22)32-12-14-33-15-13-32)27-10-11-29-24-21(17-26)4-3-9-28-24/h3-9,16,18H,10-15H2,1-2H3,(H,28,29)(H,27,30,31). The summed E-state index contributed by atoms with van der Waals surface area (Å²) in [5.41, 5.74) is 3.77. The van der Waals surface area contributed by atoms with E-state index in [0.29, 0.717) is 49.6 Å². The van der Waals surface area contributed by atoms with Crippen LogP contribution in [-0.2, 0) is 4.74 Å². The van der Waals surface area contributed by atoms with E-state index in [1.165, 1.54) is 5.56 Å². The molecule has 8 heteroatoms. The van der Waals surface area contributed by atoms with Gasteiger partial charge in [-0.1, -0.05) is 38.1 Å². The van der Waals surface area contributed by atoms with E-state index in [1.54, 1.807) is 18.3 Å². The largest absolute Gasteiger partial charge is 0.378 e. The summed E-state index contributed by atoms with van der Waals surface area (Å²) >= 11 is 0. The lowest BCUT2D eigenvalue weighted by Crippen LogP contribution is -2.37. The van der Waals surface area contributed by atoms with Crippen LogP contribution in [0.4, 0.5) is 17.6 Å². The molecule has 1 aromatic carbocycles. The summed E-state index contributed by atoms with van der Waals surface area (Å²) in [5.74, 6) is 2.54. The molecule has 0 radical (unpaired) electrons. The first-order valence-electron chi connectivity index (χ1n) is 11.3. The molecule has 0 unspecified atom stereocenters. The quantitative estimate of drug-likeness (QED) is 0.506. The molecule has 1 saturated heterocycles. The van der Waals surface area contributed by atoms with Crippen molar-refractivity contribution in [2.75, 3.05) is 54.9 Å². The Hall–Kier alpha value is -3.70. The maximum absolute atomic E-state index is 9.22. The van der Waals surface area contributed by atoms with Crippen LogP contribution in [0.1, 0.15) is 30.9 Å². The van der Waals surface area contributed by atoms with E-state index in [-0.39, 0.29) is 0 Å². The summed E-state index contributed by atoms with van der Waals surface area (Å²) in [6, 6.07) is 16.2. The van der Waals surface area contributed by atoms with Crippen molar-refractivity contribution >= 4 is 17.6 Å². The Kier molecular flexibility index (Phi) is 7.33. The van der Waals surface area contributed by atoms with Crippen molar-refractivity contribution in [2.45, 2.75) is 19.8 Å². The second-order valence-corrected chi connectivity index (χ2v) is 8.18. The Balaban J connectivity index is 1.51. The predicted octanol–water partition coefficient (Wildman–Crippen LogP) is 3.89. The van der Waals surface area contributed by atoms with Crippen LogP contribution in [0.3, 0.4) is 0 Å². The molecule has 0 bridgehead atoms. The third kappa shape index (κ3) is 5.76. The Morgan fingerprint density at radius 3 is 2.55 bits per heavy atom. The highest BCUT2D eigenvalue weighted by molar-refractivity contribution is 5.65. The van der Waals surface area contributed by atoms with Gasteiger partial charge in [-0.25, -0.2) is 9.97 Å². The van der Waals surface area contributed by atoms with Crippen molar-refractivity contribution in [2.24, 2.45) is 0 Å². The molecule has 0 spiro atoms. The minimum Gasteiger partial charge on any atom is -0.378 e. The molecule has 0 amide bonds. The van der Waals surface area contributed by atoms with Gasteiger partial charge in [-0.05, 0) is 23.6 Å². The summed E-state index contributed by atoms with van der Waals surface area (Å²) in [5, 5.41) is 15.8. The number of hydrogen-bond acceptors (Lipinski definition) is 8. The fourth-order valence-electron chi connectivity index (χ4n) is 3.62. The number of nitrogens with zero attached hydrogens (tertiary/aromatic N) is 5. The van der Waals surface area contributed by atoms with Crippen LogP contribution < -0.4 is 15.5 Å². The number of morpholine rings is 1. The molecule has 0 saturated carbocycles. The molecule has 0 atom stereocenters. The number of nitriles is 1. The van der Waals surface area contributed by atoms with Crippen molar-refractivity contribution in [3.63, 3.8) is 0 Å². The van der Waals surface area contributed by atoms with Gasteiger partial charge in [0.15, 0.2) is 0 Å². The van der Waals surface area contributed by atoms with Crippen molar-refractivity contribution < 1.29 is 4.74 Å². The zero-order chi connectivity index (χ0) is 23.0. The first kappa shape index (κ1) is 22.5. The molecule has 170 valence electrons. The number of anilines is 3. The Bertz CT molecular complexity index is 1100. The normalized spacial score (nSPS) is 13.6. The van der Waals surface area contributed by atoms with Crippen LogP contribution in [0.15, 0.2) is 48.7 Å². The zero-order valence-corrected chi connectivity index (χ0v) is 19.1. The third-order valence-corrected chi connectivity index (χ3v) is 5.53. The van der Waals surface area contributed by atoms with Crippen molar-refractivity contribution in [3.05, 3.63) is 59.8 Å². The number of benzene rings is 1. The van der Waals surface area contributed by atoms with Gasteiger partial charge in [0.05, 0.1) is 24.5 Å². The fourth-order valence-corrected chi connectivity index (χ4v) is 3.62. The topological polar surface area (TPSA) is 99.0 Å². The maximum atomic E-state index is 9.22. The van der Waals surface area contributed by atoms with Crippen LogP contribution in [0.5, 0.6) is 0 Å². The number of ether oxygens (including phenoxy) is 1. The van der Waals surface area contributed by atoms with Gasteiger partial charge in [0, 0.05) is 44.0 Å². The molecule has 3 heterocycles. The second kappa shape index (κ2) is 10.7. The molecule has 4 rings (SSSR count). The van der Waals surface area contributed by atoms with E-state index >= 15 is 0 Å². The van der Waals surface area contributed by atoms with E-state index in [1.807, 2.05) is 6.07 Å². The average Bonchev–Trinajstić information content (AvgIpc) is 2.87. The summed E-state index contributed by atoms with van der Waals surface area (Å²) in [4.78, 5) is 16.0. The summed E-state index contributed by atoms with van der Waals surface area (Å²) in [6.45, 7) is 8.49. The summed E-state index contributed by atoms with van der Waals surface area (Å²) < 4.78 is 5.49. The highest BCUT2D eigenvalue weighted by Gasteiger charge is 2.16. The molecule has 2 N–H and O–H groups in total. The molecule has 1 aliphatic heterocycles. The lowest BCUT2D eigenvalue weighted by atomic mass is 10.0. The fraction of sp³-hybridized carbons (Fsp3) is 0.360. The van der Waals surface area contributed by atoms with E-state index in [0.717, 1.165) is 30.2 Å². The molecule has 1 fully saturated rings. The number of aromatic nitrogens is 3. The molecule has 0 aliphatic carbocycles. The van der Waals surface area contributed by atoms with Crippen LogP contribution >= 0.6 is 0 Å². The first-order chi connectivity index (χ1) is 16.1. The van der Waals surface area contributed by atoms with Gasteiger partial charge >= 0.3 is 0 Å². The van der Waals surface area contributed by atoms with Gasteiger partial charge < -0.3 is 20.3 Å². The zero-order valence-electron chi connectivity index (χ0n) is 19.1. The van der Waals surface area contributed by atoms with E-state index in [4.69, 9.17) is 14.7 Å². The van der Waals surface area contributed by atoms with Crippen LogP contribution in [0.2, 0.25) is 0 Å². The van der Waals surface area contributed by atoms with Crippen LogP contribution in [0, 0.1) is 11.3 Å². The molecular formula is C25H29N7O. The van der Waals surface area contributed by atoms with Crippen molar-refractivity contribution in [3.8, 4) is 17.3 Å². The van der Waals surface area contributed by atoms with Gasteiger partial charge in [-0.15, -0.1) is 0 Å². The predicted molar refractivity (Wildman–Crippen MR) is 131 cm³/mol. The minimum atomic E-state index is 0.485. The molecule has 8 nitrogen and oxygen atoms in total. The Morgan fingerprint density at radius 1 is 1.06 bits per heavy atom. The SMILES string of the molecule is CC(C)c1ccc(-c2cc(NCCNc3ncccc3C#N)nc(N3CCOCC3)n2)cc1. The van der Waals surface area contributed by atoms with E-state index in [2.05, 4.69) is 64.7 Å². The van der Waals surface area contributed by atoms with Crippen molar-refractivity contribution in [1.29, 1.82) is 5.26 Å². The monoisotopic (exact) mass is 443 g/mol. The molecule has 3 aromatic rings. The minimum absolute atomic E-state index is 0.485. The third-order valence-electron chi connectivity index (χ3n) is 5.53. The first-order valence-corrected chi connectivity index (χ1v) is 11.3. The Labute approximate surface area is 194 Å². The van der Waals surface area contributed by atoms with Gasteiger partial charge in [0.1, 0.15) is 17.7 Å². The van der Waals surface area contributed by atoms with Gasteiger partial charge in [0.2, 0.25) is 5.95 Å². The lowest BCUT2D eigenvalue weighted by Gasteiger charge is -2.27. The number of rotatable bonds is 8. The number of nitrogens with one attached hydrogen (secondary N) is 2. The summed E-state index contributed by atoms with van der Waals surface area (Å²) in [6.07, 6.45) is 1.67. The van der Waals surface area contributed by atoms with Gasteiger partial charge in [-0.2, -0.15) is 10.2 Å². The number of pyridine rings is 1. The van der Waals surface area contributed by atoms with Gasteiger partial charge in [0.25, 0.3) is 0 Å². The van der Waals surface area contributed by atoms with Gasteiger partial charge in [-0.3, -0.25) is 0 Å². The second-order valence-electron chi connectivity index (χ2n) is 8.18. The van der Waals surface area contributed by atoms with E-state index < -0.39 is 0 Å². The lowest BCUT2D eigenvalue weighted by molar-refractivity contribution is 0.122. The summed E-state index contributed by atoms with van der Waals surface area (Å²) in [7, 11) is 0. The number of hydrogen-bond donors (Lipinski definition) is 2. The van der Waals surface area contributed by atoms with E-state index in [9.17, 15) is 5.26 Å². The average molecular weight is 444 g/mol.